The summed E-state index contributed by atoms with van der Waals surface area (Å²) in [6.07, 6.45) is 0.223. The molecule has 1 heterocycles. The van der Waals surface area contributed by atoms with Crippen molar-refractivity contribution in [1.82, 2.24) is 10.3 Å². The quantitative estimate of drug-likeness (QED) is 0.652. The van der Waals surface area contributed by atoms with E-state index in [1.165, 1.54) is 0 Å². The van der Waals surface area contributed by atoms with Crippen LogP contribution in [-0.2, 0) is 9.53 Å². The molecule has 2 N–H and O–H groups in total. The molecule has 1 aromatic carbocycles. The van der Waals surface area contributed by atoms with Gasteiger partial charge in [0.1, 0.15) is 5.69 Å². The molecule has 0 bridgehead atoms. The van der Waals surface area contributed by atoms with Gasteiger partial charge in [-0.25, -0.2) is 4.79 Å². The first-order valence-corrected chi connectivity index (χ1v) is 6.92. The van der Waals surface area contributed by atoms with Gasteiger partial charge >= 0.3 is 5.97 Å². The van der Waals surface area contributed by atoms with Crippen LogP contribution in [0, 0.1) is 25.2 Å². The smallest absolute Gasteiger partial charge is 0.355 e. The lowest BCUT2D eigenvalue weighted by atomic mass is 10.1. The molecular formula is C16H17N3O3. The minimum Gasteiger partial charge on any atom is -0.451 e. The van der Waals surface area contributed by atoms with Crippen LogP contribution in [0.1, 0.15) is 28.0 Å². The van der Waals surface area contributed by atoms with Gasteiger partial charge < -0.3 is 15.0 Å². The van der Waals surface area contributed by atoms with Crippen molar-refractivity contribution in [2.75, 3.05) is 13.2 Å². The van der Waals surface area contributed by atoms with Crippen molar-refractivity contribution in [2.45, 2.75) is 20.3 Å². The zero-order valence-corrected chi connectivity index (χ0v) is 12.5. The first-order chi connectivity index (χ1) is 10.5. The highest BCUT2D eigenvalue weighted by Crippen LogP contribution is 2.21. The molecule has 1 aromatic heterocycles. The number of aryl methyl sites for hydroxylation is 2. The fourth-order valence-electron chi connectivity index (χ4n) is 2.23. The predicted molar refractivity (Wildman–Crippen MR) is 81.3 cm³/mol. The van der Waals surface area contributed by atoms with Crippen molar-refractivity contribution < 1.29 is 14.3 Å². The number of nitriles is 1. The summed E-state index contributed by atoms with van der Waals surface area (Å²) in [7, 11) is 0. The van der Waals surface area contributed by atoms with Gasteiger partial charge in [0.05, 0.1) is 12.5 Å². The molecule has 0 saturated carbocycles. The summed E-state index contributed by atoms with van der Waals surface area (Å²) in [5.74, 6) is -1.00. The van der Waals surface area contributed by atoms with E-state index in [1.807, 2.05) is 32.0 Å². The maximum Gasteiger partial charge on any atom is 0.355 e. The van der Waals surface area contributed by atoms with Crippen LogP contribution in [0.5, 0.6) is 0 Å². The molecule has 22 heavy (non-hydrogen) atoms. The van der Waals surface area contributed by atoms with Crippen molar-refractivity contribution in [1.29, 1.82) is 5.26 Å². The Balaban J connectivity index is 2.00. The van der Waals surface area contributed by atoms with Crippen LogP contribution in [0.3, 0.4) is 0 Å². The second-order valence-corrected chi connectivity index (χ2v) is 5.06. The van der Waals surface area contributed by atoms with E-state index in [4.69, 9.17) is 10.00 Å². The van der Waals surface area contributed by atoms with Gasteiger partial charge in [-0.05, 0) is 37.1 Å². The molecule has 0 unspecified atom stereocenters. The summed E-state index contributed by atoms with van der Waals surface area (Å²) in [6, 6.07) is 7.62. The summed E-state index contributed by atoms with van der Waals surface area (Å²) in [4.78, 5) is 26.4. The van der Waals surface area contributed by atoms with Crippen molar-refractivity contribution in [3.63, 3.8) is 0 Å². The Labute approximate surface area is 128 Å². The van der Waals surface area contributed by atoms with E-state index >= 15 is 0 Å². The molecule has 0 atom stereocenters. The molecule has 0 aliphatic carbocycles. The molecule has 2 rings (SSSR count). The molecule has 6 heteroatoms. The van der Waals surface area contributed by atoms with Crippen LogP contribution in [0.25, 0.3) is 10.9 Å². The molecule has 1 amide bonds. The average Bonchev–Trinajstić information content (AvgIpc) is 2.89. The number of rotatable bonds is 5. The molecule has 0 aliphatic rings. The number of ether oxygens (including phenoxy) is 1. The molecule has 0 radical (unpaired) electrons. The van der Waals surface area contributed by atoms with Gasteiger partial charge in [-0.15, -0.1) is 0 Å². The lowest BCUT2D eigenvalue weighted by Gasteiger charge is -2.03. The van der Waals surface area contributed by atoms with Crippen LogP contribution < -0.4 is 5.32 Å². The third-order valence-corrected chi connectivity index (χ3v) is 3.20. The predicted octanol–water partition coefficient (Wildman–Crippen LogP) is 1.97. The maximum atomic E-state index is 12.0. The molecule has 0 aliphatic heterocycles. The van der Waals surface area contributed by atoms with E-state index in [1.54, 1.807) is 6.07 Å². The van der Waals surface area contributed by atoms with Crippen LogP contribution >= 0.6 is 0 Å². The van der Waals surface area contributed by atoms with Gasteiger partial charge in [-0.3, -0.25) is 4.79 Å². The molecule has 0 saturated heterocycles. The Morgan fingerprint density at radius 2 is 2.09 bits per heavy atom. The highest BCUT2D eigenvalue weighted by atomic mass is 16.5. The summed E-state index contributed by atoms with van der Waals surface area (Å²) >= 11 is 0. The summed E-state index contributed by atoms with van der Waals surface area (Å²) in [5.41, 5.74) is 3.35. The van der Waals surface area contributed by atoms with E-state index in [9.17, 15) is 9.59 Å². The van der Waals surface area contributed by atoms with Gasteiger partial charge in [0.2, 0.25) is 0 Å². The second kappa shape index (κ2) is 6.76. The summed E-state index contributed by atoms with van der Waals surface area (Å²) in [5, 5.41) is 11.8. The number of esters is 1. The Kier molecular flexibility index (Phi) is 4.79. The third kappa shape index (κ3) is 3.64. The average molecular weight is 299 g/mol. The van der Waals surface area contributed by atoms with E-state index in [0.717, 1.165) is 22.0 Å². The normalized spacial score (nSPS) is 10.2. The Morgan fingerprint density at radius 3 is 2.82 bits per heavy atom. The zero-order valence-electron chi connectivity index (χ0n) is 12.5. The monoisotopic (exact) mass is 299 g/mol. The zero-order chi connectivity index (χ0) is 16.1. The topological polar surface area (TPSA) is 95.0 Å². The van der Waals surface area contributed by atoms with Crippen LogP contribution in [-0.4, -0.2) is 30.0 Å². The molecule has 0 fully saturated rings. The van der Waals surface area contributed by atoms with E-state index in [-0.39, 0.29) is 19.6 Å². The van der Waals surface area contributed by atoms with Gasteiger partial charge in [0.15, 0.2) is 6.61 Å². The molecule has 0 spiro atoms. The van der Waals surface area contributed by atoms with Gasteiger partial charge in [-0.2, -0.15) is 5.26 Å². The summed E-state index contributed by atoms with van der Waals surface area (Å²) < 4.78 is 4.96. The fraction of sp³-hybridized carbons (Fsp3) is 0.312. The third-order valence-electron chi connectivity index (χ3n) is 3.20. The SMILES string of the molecule is Cc1cc(C)c2cc(C(=O)OCC(=O)NCCC#N)[nH]c2c1. The van der Waals surface area contributed by atoms with Crippen molar-refractivity contribution >= 4 is 22.8 Å². The Bertz CT molecular complexity index is 756. The number of fused-ring (bicyclic) bond motifs is 1. The molecule has 6 nitrogen and oxygen atoms in total. The molecule has 114 valence electrons. The van der Waals surface area contributed by atoms with Crippen molar-refractivity contribution in [2.24, 2.45) is 0 Å². The standard InChI is InChI=1S/C16H17N3O3/c1-10-6-11(2)12-8-14(19-13(12)7-10)16(21)22-9-15(20)18-5-3-4-17/h6-8,19H,3,5,9H2,1-2H3,(H,18,20). The second-order valence-electron chi connectivity index (χ2n) is 5.06. The van der Waals surface area contributed by atoms with Crippen molar-refractivity contribution in [3.05, 3.63) is 35.0 Å². The number of hydrogen-bond acceptors (Lipinski definition) is 4. The number of carbonyl (C=O) groups is 2. The van der Waals surface area contributed by atoms with Gasteiger partial charge in [-0.1, -0.05) is 6.07 Å². The first-order valence-electron chi connectivity index (χ1n) is 6.92. The van der Waals surface area contributed by atoms with Crippen LogP contribution in [0.4, 0.5) is 0 Å². The highest BCUT2D eigenvalue weighted by Gasteiger charge is 2.14. The highest BCUT2D eigenvalue weighted by molar-refractivity contribution is 5.96. The number of aromatic amines is 1. The lowest BCUT2D eigenvalue weighted by Crippen LogP contribution is -2.29. The largest absolute Gasteiger partial charge is 0.451 e. The number of H-pyrrole nitrogens is 1. The van der Waals surface area contributed by atoms with Crippen LogP contribution in [0.2, 0.25) is 0 Å². The Hall–Kier alpha value is -2.81. The number of nitrogens with one attached hydrogen (secondary N) is 2. The number of benzene rings is 1. The van der Waals surface area contributed by atoms with Crippen molar-refractivity contribution in [3.8, 4) is 6.07 Å². The maximum absolute atomic E-state index is 12.0. The minimum absolute atomic E-state index is 0.223. The number of nitrogens with zero attached hydrogens (tertiary/aromatic N) is 1. The van der Waals surface area contributed by atoms with Gasteiger partial charge in [0.25, 0.3) is 5.91 Å². The number of amides is 1. The van der Waals surface area contributed by atoms with E-state index < -0.39 is 11.9 Å². The Morgan fingerprint density at radius 1 is 1.32 bits per heavy atom. The number of hydrogen-bond donors (Lipinski definition) is 2. The fourth-order valence-corrected chi connectivity index (χ4v) is 2.23. The van der Waals surface area contributed by atoms with E-state index in [2.05, 4.69) is 10.3 Å². The molecule has 2 aromatic rings. The van der Waals surface area contributed by atoms with Gasteiger partial charge in [0, 0.05) is 17.4 Å². The lowest BCUT2D eigenvalue weighted by molar-refractivity contribution is -0.124. The number of carbonyl (C=O) groups excluding carboxylic acids is 2. The summed E-state index contributed by atoms with van der Waals surface area (Å²) in [6.45, 7) is 3.84. The minimum atomic E-state index is -0.580. The number of aromatic nitrogens is 1. The first kappa shape index (κ1) is 15.6. The van der Waals surface area contributed by atoms with Crippen LogP contribution in [0.15, 0.2) is 18.2 Å². The molecular weight excluding hydrogens is 282 g/mol. The van der Waals surface area contributed by atoms with E-state index in [0.29, 0.717) is 5.69 Å².